The van der Waals surface area contributed by atoms with Gasteiger partial charge >= 0.3 is 0 Å². The fraction of sp³-hybridized carbons (Fsp3) is 0.391. The van der Waals surface area contributed by atoms with Gasteiger partial charge in [0.1, 0.15) is 18.1 Å². The van der Waals surface area contributed by atoms with Crippen molar-refractivity contribution in [3.63, 3.8) is 0 Å². The topological polar surface area (TPSA) is 68.8 Å². The largest absolute Gasteiger partial charge is 0.494 e. The zero-order valence-corrected chi connectivity index (χ0v) is 18.4. The summed E-state index contributed by atoms with van der Waals surface area (Å²) < 4.78 is 16.2. The first-order valence-corrected chi connectivity index (χ1v) is 10.6. The second-order valence-electron chi connectivity index (χ2n) is 6.71. The molecule has 7 heteroatoms. The number of carbonyl (C=O) groups is 1. The summed E-state index contributed by atoms with van der Waals surface area (Å²) in [4.78, 5) is 12.4. The van der Waals surface area contributed by atoms with Gasteiger partial charge in [-0.1, -0.05) is 26.2 Å². The second kappa shape index (κ2) is 13.6. The Hall–Kier alpha value is -2.64. The van der Waals surface area contributed by atoms with E-state index >= 15 is 0 Å². The zero-order chi connectivity index (χ0) is 21.6. The molecule has 1 amide bonds. The third-order valence-electron chi connectivity index (χ3n) is 4.28. The molecule has 6 nitrogen and oxygen atoms in total. The molecule has 2 N–H and O–H groups in total. The predicted molar refractivity (Wildman–Crippen MR) is 124 cm³/mol. The Morgan fingerprint density at radius 3 is 2.13 bits per heavy atom. The first-order chi connectivity index (χ1) is 14.6. The van der Waals surface area contributed by atoms with Crippen LogP contribution in [0.4, 0.5) is 5.69 Å². The summed E-state index contributed by atoms with van der Waals surface area (Å²) in [6.07, 6.45) is 4.64. The van der Waals surface area contributed by atoms with Crippen LogP contribution >= 0.6 is 12.2 Å². The molecular weight excluding hydrogens is 400 g/mol. The highest BCUT2D eigenvalue weighted by atomic mass is 32.1. The maximum atomic E-state index is 12.4. The number of thiocarbonyl (C=S) groups is 1. The predicted octanol–water partition coefficient (Wildman–Crippen LogP) is 4.80. The number of anilines is 1. The maximum Gasteiger partial charge on any atom is 0.257 e. The highest BCUT2D eigenvalue weighted by Crippen LogP contribution is 2.16. The average molecular weight is 431 g/mol. The number of unbranched alkanes of at least 4 members (excludes halogenated alkanes) is 3. The van der Waals surface area contributed by atoms with E-state index in [2.05, 4.69) is 17.6 Å². The lowest BCUT2D eigenvalue weighted by atomic mass is 10.2. The standard InChI is InChI=1S/C23H30N2O4S/c1-3-4-5-6-15-28-20-11-7-18(8-12-20)22(26)25-23(30)24-19-9-13-21(14-10-19)29-17-16-27-2/h7-14H,3-6,15-17H2,1-2H3,(H2,24,25,26,30). The smallest absolute Gasteiger partial charge is 0.257 e. The summed E-state index contributed by atoms with van der Waals surface area (Å²) >= 11 is 5.23. The molecule has 2 rings (SSSR count). The molecule has 2 aromatic carbocycles. The Morgan fingerprint density at radius 1 is 0.867 bits per heavy atom. The van der Waals surface area contributed by atoms with Crippen molar-refractivity contribution in [2.24, 2.45) is 0 Å². The van der Waals surface area contributed by atoms with Gasteiger partial charge in [-0.15, -0.1) is 0 Å². The molecule has 0 bridgehead atoms. The minimum atomic E-state index is -0.276. The molecule has 0 atom stereocenters. The lowest BCUT2D eigenvalue weighted by molar-refractivity contribution is 0.0977. The molecule has 0 saturated heterocycles. The Labute approximate surface area is 183 Å². The molecule has 0 saturated carbocycles. The molecule has 0 heterocycles. The van der Waals surface area contributed by atoms with Crippen LogP contribution in [0.5, 0.6) is 11.5 Å². The summed E-state index contributed by atoms with van der Waals surface area (Å²) in [7, 11) is 1.63. The van der Waals surface area contributed by atoms with E-state index in [1.54, 1.807) is 31.4 Å². The van der Waals surface area contributed by atoms with Gasteiger partial charge in [0.25, 0.3) is 5.91 Å². The minimum absolute atomic E-state index is 0.226. The summed E-state index contributed by atoms with van der Waals surface area (Å²) in [5, 5.41) is 5.89. The van der Waals surface area contributed by atoms with E-state index in [1.807, 2.05) is 24.3 Å². The van der Waals surface area contributed by atoms with E-state index in [0.717, 1.165) is 23.6 Å². The van der Waals surface area contributed by atoms with Crippen LogP contribution in [0, 0.1) is 0 Å². The molecular formula is C23H30N2O4S. The number of benzene rings is 2. The van der Waals surface area contributed by atoms with Crippen LogP contribution in [-0.4, -0.2) is 38.0 Å². The van der Waals surface area contributed by atoms with Gasteiger partial charge in [0.05, 0.1) is 13.2 Å². The van der Waals surface area contributed by atoms with Crippen molar-refractivity contribution in [3.05, 3.63) is 54.1 Å². The number of hydrogen-bond donors (Lipinski definition) is 2. The zero-order valence-electron chi connectivity index (χ0n) is 17.6. The number of hydrogen-bond acceptors (Lipinski definition) is 5. The monoisotopic (exact) mass is 430 g/mol. The van der Waals surface area contributed by atoms with E-state index in [9.17, 15) is 4.79 Å². The molecule has 2 aromatic rings. The van der Waals surface area contributed by atoms with Crippen LogP contribution in [0.1, 0.15) is 43.0 Å². The number of methoxy groups -OCH3 is 1. The molecule has 0 aliphatic heterocycles. The number of nitrogens with one attached hydrogen (secondary N) is 2. The summed E-state index contributed by atoms with van der Waals surface area (Å²) in [6.45, 7) is 3.89. The fourth-order valence-corrected chi connectivity index (χ4v) is 2.85. The van der Waals surface area contributed by atoms with Crippen LogP contribution in [0.2, 0.25) is 0 Å². The first-order valence-electron chi connectivity index (χ1n) is 10.2. The van der Waals surface area contributed by atoms with E-state index in [0.29, 0.717) is 25.4 Å². The SMILES string of the molecule is CCCCCCOc1ccc(C(=O)NC(=S)Nc2ccc(OCCOC)cc2)cc1. The molecule has 162 valence electrons. The normalized spacial score (nSPS) is 10.3. The average Bonchev–Trinajstić information content (AvgIpc) is 2.75. The van der Waals surface area contributed by atoms with Crippen molar-refractivity contribution in [1.29, 1.82) is 0 Å². The van der Waals surface area contributed by atoms with E-state index in [4.69, 9.17) is 26.4 Å². The third-order valence-corrected chi connectivity index (χ3v) is 4.48. The van der Waals surface area contributed by atoms with E-state index < -0.39 is 0 Å². The van der Waals surface area contributed by atoms with Crippen molar-refractivity contribution >= 4 is 28.9 Å². The van der Waals surface area contributed by atoms with E-state index in [1.165, 1.54) is 19.3 Å². The summed E-state index contributed by atoms with van der Waals surface area (Å²) in [5.41, 5.74) is 1.27. The van der Waals surface area contributed by atoms with Gasteiger partial charge in [-0.25, -0.2) is 0 Å². The van der Waals surface area contributed by atoms with Crippen LogP contribution in [0.15, 0.2) is 48.5 Å². The molecule has 0 unspecified atom stereocenters. The summed E-state index contributed by atoms with van der Waals surface area (Å²) in [5.74, 6) is 1.22. The van der Waals surface area contributed by atoms with Gasteiger partial charge in [0, 0.05) is 18.4 Å². The van der Waals surface area contributed by atoms with Crippen LogP contribution < -0.4 is 20.1 Å². The third kappa shape index (κ3) is 8.80. The van der Waals surface area contributed by atoms with Gasteiger partial charge in [0.15, 0.2) is 5.11 Å². The molecule has 0 aromatic heterocycles. The van der Waals surface area contributed by atoms with Gasteiger partial charge in [0.2, 0.25) is 0 Å². The number of ether oxygens (including phenoxy) is 3. The minimum Gasteiger partial charge on any atom is -0.494 e. The van der Waals surface area contributed by atoms with Crippen molar-refractivity contribution in [2.45, 2.75) is 32.6 Å². The van der Waals surface area contributed by atoms with Gasteiger partial charge < -0.3 is 19.5 Å². The number of carbonyl (C=O) groups excluding carboxylic acids is 1. The molecule has 0 fully saturated rings. The molecule has 0 spiro atoms. The molecule has 0 aliphatic carbocycles. The Bertz CT molecular complexity index is 779. The van der Waals surface area contributed by atoms with Crippen LogP contribution in [0.3, 0.4) is 0 Å². The van der Waals surface area contributed by atoms with Crippen molar-refractivity contribution in [2.75, 3.05) is 32.2 Å². The number of rotatable bonds is 12. The molecule has 0 radical (unpaired) electrons. The Balaban J connectivity index is 1.76. The van der Waals surface area contributed by atoms with Crippen molar-refractivity contribution in [1.82, 2.24) is 5.32 Å². The lowest BCUT2D eigenvalue weighted by Crippen LogP contribution is -2.34. The van der Waals surface area contributed by atoms with E-state index in [-0.39, 0.29) is 11.0 Å². The maximum absolute atomic E-state index is 12.4. The quantitative estimate of drug-likeness (QED) is 0.372. The second-order valence-corrected chi connectivity index (χ2v) is 7.12. The Kier molecular flexibility index (Phi) is 10.7. The van der Waals surface area contributed by atoms with Crippen LogP contribution in [-0.2, 0) is 4.74 Å². The van der Waals surface area contributed by atoms with Crippen LogP contribution in [0.25, 0.3) is 0 Å². The lowest BCUT2D eigenvalue weighted by Gasteiger charge is -2.11. The molecule has 0 aliphatic rings. The van der Waals surface area contributed by atoms with Crippen molar-refractivity contribution in [3.8, 4) is 11.5 Å². The number of amides is 1. The molecule has 30 heavy (non-hydrogen) atoms. The van der Waals surface area contributed by atoms with Gasteiger partial charge in [-0.05, 0) is 67.2 Å². The van der Waals surface area contributed by atoms with Gasteiger partial charge in [-0.2, -0.15) is 0 Å². The van der Waals surface area contributed by atoms with Gasteiger partial charge in [-0.3, -0.25) is 10.1 Å². The highest BCUT2D eigenvalue weighted by Gasteiger charge is 2.08. The summed E-state index contributed by atoms with van der Waals surface area (Å²) in [6, 6.07) is 14.4. The Morgan fingerprint density at radius 2 is 1.50 bits per heavy atom. The van der Waals surface area contributed by atoms with Crippen molar-refractivity contribution < 1.29 is 19.0 Å². The highest BCUT2D eigenvalue weighted by molar-refractivity contribution is 7.80. The first kappa shape index (κ1) is 23.6. The fourth-order valence-electron chi connectivity index (χ4n) is 2.64.